The number of carbonyl (C=O) groups excluding carboxylic acids is 1. The molecule has 98 valence electrons. The van der Waals surface area contributed by atoms with Crippen LogP contribution in [0.25, 0.3) is 0 Å². The predicted octanol–water partition coefficient (Wildman–Crippen LogP) is 0.552. The number of hydrogen-bond donors (Lipinski definition) is 2. The molecule has 18 heavy (non-hydrogen) atoms. The fourth-order valence-electron chi connectivity index (χ4n) is 2.02. The molecule has 1 aliphatic heterocycles. The summed E-state index contributed by atoms with van der Waals surface area (Å²) < 4.78 is 26.2. The van der Waals surface area contributed by atoms with E-state index in [2.05, 4.69) is 10.0 Å². The molecule has 1 aromatic carbocycles. The first kappa shape index (κ1) is 13.0. The number of hydrogen-bond acceptors (Lipinski definition) is 4. The molecule has 0 spiro atoms. The van der Waals surface area contributed by atoms with Crippen LogP contribution < -0.4 is 10.0 Å². The maximum absolute atomic E-state index is 12.1. The monoisotopic (exact) mass is 268 g/mol. The van der Waals surface area contributed by atoms with Crippen molar-refractivity contribution < 1.29 is 13.2 Å². The molecule has 0 unspecified atom stereocenters. The van der Waals surface area contributed by atoms with Crippen LogP contribution in [0.1, 0.15) is 18.4 Å². The van der Waals surface area contributed by atoms with Crippen molar-refractivity contribution in [3.05, 3.63) is 29.8 Å². The lowest BCUT2D eigenvalue weighted by Crippen LogP contribution is -2.43. The minimum atomic E-state index is -3.77. The molecule has 1 fully saturated rings. The van der Waals surface area contributed by atoms with E-state index < -0.39 is 22.0 Å². The summed E-state index contributed by atoms with van der Waals surface area (Å²) in [6.07, 6.45) is 1.57. The second-order valence-corrected chi connectivity index (χ2v) is 6.04. The van der Waals surface area contributed by atoms with E-state index in [1.165, 1.54) is 6.07 Å². The van der Waals surface area contributed by atoms with Crippen LogP contribution in [-0.4, -0.2) is 26.9 Å². The molecule has 1 amide bonds. The van der Waals surface area contributed by atoms with Crippen LogP contribution in [0, 0.1) is 6.92 Å². The summed E-state index contributed by atoms with van der Waals surface area (Å²) in [5.74, 6) is -0.476. The Morgan fingerprint density at radius 3 is 2.72 bits per heavy atom. The van der Waals surface area contributed by atoms with E-state index >= 15 is 0 Å². The van der Waals surface area contributed by atoms with Gasteiger partial charge in [-0.1, -0.05) is 18.2 Å². The summed E-state index contributed by atoms with van der Waals surface area (Å²) in [6, 6.07) is 6.19. The van der Waals surface area contributed by atoms with E-state index in [0.717, 1.165) is 13.0 Å². The quantitative estimate of drug-likeness (QED) is 0.839. The van der Waals surface area contributed by atoms with Crippen molar-refractivity contribution in [3.63, 3.8) is 0 Å². The lowest BCUT2D eigenvalue weighted by molar-refractivity contribution is -0.121. The molecule has 6 heteroatoms. The molecule has 5 nitrogen and oxygen atoms in total. The minimum absolute atomic E-state index is 0.149. The summed E-state index contributed by atoms with van der Waals surface area (Å²) in [5.41, 5.74) is 0.622. The van der Waals surface area contributed by atoms with Crippen LogP contribution >= 0.6 is 0 Å². The highest BCUT2D eigenvalue weighted by Crippen LogP contribution is 2.14. The zero-order valence-electron chi connectivity index (χ0n) is 10.1. The Labute approximate surface area is 107 Å². The Morgan fingerprint density at radius 1 is 1.39 bits per heavy atom. The molecule has 2 N–H and O–H groups in total. The molecule has 1 aromatic rings. The Kier molecular flexibility index (Phi) is 3.68. The highest BCUT2D eigenvalue weighted by molar-refractivity contribution is 7.90. The van der Waals surface area contributed by atoms with Gasteiger partial charge in [0.25, 0.3) is 15.9 Å². The molecule has 1 atom stereocenters. The van der Waals surface area contributed by atoms with Crippen molar-refractivity contribution >= 4 is 15.9 Å². The molecule has 0 aliphatic carbocycles. The van der Waals surface area contributed by atoms with Gasteiger partial charge in [-0.25, -0.2) is 13.1 Å². The van der Waals surface area contributed by atoms with Crippen LogP contribution in [0.2, 0.25) is 0 Å². The van der Waals surface area contributed by atoms with E-state index in [1.807, 2.05) is 0 Å². The van der Waals surface area contributed by atoms with E-state index in [0.29, 0.717) is 12.0 Å². The van der Waals surface area contributed by atoms with Gasteiger partial charge in [-0.05, 0) is 37.9 Å². The van der Waals surface area contributed by atoms with Crippen LogP contribution in [0.5, 0.6) is 0 Å². The Morgan fingerprint density at radius 2 is 2.11 bits per heavy atom. The normalized spacial score (nSPS) is 19.7. The largest absolute Gasteiger partial charge is 0.306 e. The SMILES string of the molecule is Cc1ccccc1S(=O)(=O)NC(=O)[C@H]1CCCN1. The molecule has 0 saturated carbocycles. The van der Waals surface area contributed by atoms with Gasteiger partial charge < -0.3 is 5.32 Å². The first-order chi connectivity index (χ1) is 8.50. The average Bonchev–Trinajstić information content (AvgIpc) is 2.82. The van der Waals surface area contributed by atoms with Gasteiger partial charge in [-0.15, -0.1) is 0 Å². The highest BCUT2D eigenvalue weighted by atomic mass is 32.2. The Balaban J connectivity index is 2.17. The number of rotatable bonds is 3. The first-order valence-corrected chi connectivity index (χ1v) is 7.35. The van der Waals surface area contributed by atoms with E-state index in [-0.39, 0.29) is 4.90 Å². The van der Waals surface area contributed by atoms with Crippen LogP contribution in [0.15, 0.2) is 29.2 Å². The fourth-order valence-corrected chi connectivity index (χ4v) is 3.29. The standard InChI is InChI=1S/C12H16N2O3S/c1-9-5-2-3-7-11(9)18(16,17)14-12(15)10-6-4-8-13-10/h2-3,5,7,10,13H,4,6,8H2,1H3,(H,14,15)/t10-/m1/s1. The Hall–Kier alpha value is -1.40. The summed E-state index contributed by atoms with van der Waals surface area (Å²) in [5, 5.41) is 2.97. The number of benzene rings is 1. The molecular formula is C12H16N2O3S. The first-order valence-electron chi connectivity index (χ1n) is 5.86. The van der Waals surface area contributed by atoms with Crippen LogP contribution in [0.4, 0.5) is 0 Å². The lowest BCUT2D eigenvalue weighted by atomic mass is 10.2. The maximum Gasteiger partial charge on any atom is 0.264 e. The topological polar surface area (TPSA) is 75.3 Å². The maximum atomic E-state index is 12.1. The average molecular weight is 268 g/mol. The summed E-state index contributed by atoms with van der Waals surface area (Å²) >= 11 is 0. The second kappa shape index (κ2) is 5.07. The summed E-state index contributed by atoms with van der Waals surface area (Å²) in [6.45, 7) is 2.45. The minimum Gasteiger partial charge on any atom is -0.306 e. The second-order valence-electron chi connectivity index (χ2n) is 4.38. The van der Waals surface area contributed by atoms with Gasteiger partial charge in [0.1, 0.15) is 0 Å². The molecule has 2 rings (SSSR count). The number of nitrogens with one attached hydrogen (secondary N) is 2. The van der Waals surface area contributed by atoms with Crippen molar-refractivity contribution in [3.8, 4) is 0 Å². The van der Waals surface area contributed by atoms with Crippen molar-refractivity contribution in [2.24, 2.45) is 0 Å². The summed E-state index contributed by atoms with van der Waals surface area (Å²) in [7, 11) is -3.77. The molecule has 1 saturated heterocycles. The molecule has 1 aliphatic rings. The van der Waals surface area contributed by atoms with Gasteiger partial charge >= 0.3 is 0 Å². The molecule has 0 radical (unpaired) electrons. The van der Waals surface area contributed by atoms with Crippen LogP contribution in [0.3, 0.4) is 0 Å². The van der Waals surface area contributed by atoms with Gasteiger partial charge in [0.15, 0.2) is 0 Å². The van der Waals surface area contributed by atoms with Gasteiger partial charge in [-0.3, -0.25) is 4.79 Å². The smallest absolute Gasteiger partial charge is 0.264 e. The molecule has 0 bridgehead atoms. The zero-order valence-corrected chi connectivity index (χ0v) is 11.0. The van der Waals surface area contributed by atoms with Gasteiger partial charge in [-0.2, -0.15) is 0 Å². The van der Waals surface area contributed by atoms with Gasteiger partial charge in [0, 0.05) is 0 Å². The predicted molar refractivity (Wildman–Crippen MR) is 67.5 cm³/mol. The van der Waals surface area contributed by atoms with Crippen LogP contribution in [-0.2, 0) is 14.8 Å². The molecule has 0 aromatic heterocycles. The van der Waals surface area contributed by atoms with Gasteiger partial charge in [0.05, 0.1) is 10.9 Å². The molecular weight excluding hydrogens is 252 g/mol. The van der Waals surface area contributed by atoms with Crippen molar-refractivity contribution in [2.75, 3.05) is 6.54 Å². The summed E-state index contributed by atoms with van der Waals surface area (Å²) in [4.78, 5) is 11.9. The number of aryl methyl sites for hydroxylation is 1. The highest BCUT2D eigenvalue weighted by Gasteiger charge is 2.27. The van der Waals surface area contributed by atoms with E-state index in [9.17, 15) is 13.2 Å². The zero-order chi connectivity index (χ0) is 13.2. The number of carbonyl (C=O) groups is 1. The van der Waals surface area contributed by atoms with Crippen molar-refractivity contribution in [2.45, 2.75) is 30.7 Å². The van der Waals surface area contributed by atoms with Crippen molar-refractivity contribution in [1.29, 1.82) is 0 Å². The van der Waals surface area contributed by atoms with E-state index in [1.54, 1.807) is 25.1 Å². The lowest BCUT2D eigenvalue weighted by Gasteiger charge is -2.12. The third kappa shape index (κ3) is 2.70. The van der Waals surface area contributed by atoms with Gasteiger partial charge in [0.2, 0.25) is 0 Å². The Bertz CT molecular complexity index is 548. The number of amides is 1. The molecule has 1 heterocycles. The van der Waals surface area contributed by atoms with E-state index in [4.69, 9.17) is 0 Å². The third-order valence-electron chi connectivity index (χ3n) is 2.99. The van der Waals surface area contributed by atoms with Crippen molar-refractivity contribution in [1.82, 2.24) is 10.0 Å². The fraction of sp³-hybridized carbons (Fsp3) is 0.417. The number of sulfonamides is 1. The third-order valence-corrected chi connectivity index (χ3v) is 4.50.